The molecule has 0 aliphatic heterocycles. The molecule has 0 bridgehead atoms. The molecule has 0 saturated heterocycles. The van der Waals surface area contributed by atoms with Crippen molar-refractivity contribution in [1.29, 1.82) is 0 Å². The number of hydrogen-bond acceptors (Lipinski definition) is 4. The topological polar surface area (TPSA) is 95.5 Å². The van der Waals surface area contributed by atoms with Gasteiger partial charge in [-0.15, -0.1) is 11.8 Å². The van der Waals surface area contributed by atoms with Crippen molar-refractivity contribution in [2.24, 2.45) is 0 Å². The average molecular weight is 497 g/mol. The van der Waals surface area contributed by atoms with Crippen LogP contribution < -0.4 is 40.2 Å². The second-order valence-corrected chi connectivity index (χ2v) is 8.09. The summed E-state index contributed by atoms with van der Waals surface area (Å²) >= 11 is 6.88. The number of rotatable bonds is 8. The number of anilines is 2. The molecule has 3 rings (SSSR count). The van der Waals surface area contributed by atoms with E-state index in [1.807, 2.05) is 6.07 Å². The molecule has 2 amide bonds. The van der Waals surface area contributed by atoms with E-state index < -0.39 is 11.9 Å². The van der Waals surface area contributed by atoms with Crippen molar-refractivity contribution in [2.45, 2.75) is 0 Å². The molecule has 33 heavy (non-hydrogen) atoms. The SMILES string of the molecule is O=C(CSCC(=O)Nc1ccc(Cl)cc1C(=O)O)Nc1cccc(-c2ccc(F)cc2)c1.[H-].[Na+]. The van der Waals surface area contributed by atoms with Crippen molar-refractivity contribution in [2.75, 3.05) is 22.1 Å². The van der Waals surface area contributed by atoms with Crippen molar-refractivity contribution in [1.82, 2.24) is 0 Å². The first-order chi connectivity index (χ1) is 15.3. The van der Waals surface area contributed by atoms with Crippen molar-refractivity contribution in [3.8, 4) is 11.1 Å². The molecule has 3 N–H and O–H groups in total. The number of halogens is 2. The van der Waals surface area contributed by atoms with Crippen LogP contribution in [0.25, 0.3) is 11.1 Å². The van der Waals surface area contributed by atoms with Gasteiger partial charge >= 0.3 is 35.5 Å². The van der Waals surface area contributed by atoms with Crippen LogP contribution in [-0.2, 0) is 9.59 Å². The minimum atomic E-state index is -1.21. The number of thioether (sulfide) groups is 1. The third kappa shape index (κ3) is 8.17. The van der Waals surface area contributed by atoms with Crippen LogP contribution in [-0.4, -0.2) is 34.4 Å². The Balaban J connectivity index is 0.00000289. The van der Waals surface area contributed by atoms with Gasteiger partial charge in [0.05, 0.1) is 22.8 Å². The third-order valence-corrected chi connectivity index (χ3v) is 5.44. The van der Waals surface area contributed by atoms with Crippen molar-refractivity contribution in [3.05, 3.63) is 83.1 Å². The summed E-state index contributed by atoms with van der Waals surface area (Å²) in [5, 5.41) is 14.7. The van der Waals surface area contributed by atoms with Crippen LogP contribution in [0.5, 0.6) is 0 Å². The van der Waals surface area contributed by atoms with E-state index in [1.54, 1.807) is 30.3 Å². The van der Waals surface area contributed by atoms with E-state index in [1.165, 1.54) is 30.3 Å². The molecule has 0 saturated carbocycles. The number of carbonyl (C=O) groups excluding carboxylic acids is 2. The molecule has 0 atom stereocenters. The summed E-state index contributed by atoms with van der Waals surface area (Å²) in [6.07, 6.45) is 0. The van der Waals surface area contributed by atoms with Crippen molar-refractivity contribution in [3.63, 3.8) is 0 Å². The fraction of sp³-hybridized carbons (Fsp3) is 0.0870. The predicted molar refractivity (Wildman–Crippen MR) is 126 cm³/mol. The molecule has 0 fully saturated rings. The fourth-order valence-electron chi connectivity index (χ4n) is 2.84. The van der Waals surface area contributed by atoms with E-state index in [0.29, 0.717) is 5.69 Å². The second-order valence-electron chi connectivity index (χ2n) is 6.67. The van der Waals surface area contributed by atoms with Gasteiger partial charge < -0.3 is 17.2 Å². The maximum atomic E-state index is 13.1. The second kappa shape index (κ2) is 12.8. The number of carboxylic acid groups (broad SMARTS) is 1. The van der Waals surface area contributed by atoms with E-state index >= 15 is 0 Å². The summed E-state index contributed by atoms with van der Waals surface area (Å²) in [7, 11) is 0. The summed E-state index contributed by atoms with van der Waals surface area (Å²) < 4.78 is 13.1. The van der Waals surface area contributed by atoms with E-state index in [4.69, 9.17) is 11.6 Å². The largest absolute Gasteiger partial charge is 1.00 e. The third-order valence-electron chi connectivity index (χ3n) is 4.28. The van der Waals surface area contributed by atoms with Crippen molar-refractivity contribution < 1.29 is 54.9 Å². The normalized spacial score (nSPS) is 10.1. The molecule has 0 aliphatic carbocycles. The van der Waals surface area contributed by atoms with Crippen LogP contribution in [0.2, 0.25) is 5.02 Å². The van der Waals surface area contributed by atoms with Crippen molar-refractivity contribution >= 4 is 52.5 Å². The van der Waals surface area contributed by atoms with Gasteiger partial charge in [0, 0.05) is 10.7 Å². The van der Waals surface area contributed by atoms with Crippen LogP contribution in [0, 0.1) is 5.82 Å². The summed E-state index contributed by atoms with van der Waals surface area (Å²) in [4.78, 5) is 35.6. The molecule has 0 unspecified atom stereocenters. The smallest absolute Gasteiger partial charge is 1.00 e. The van der Waals surface area contributed by atoms with Gasteiger partial charge in [0.2, 0.25) is 11.8 Å². The van der Waals surface area contributed by atoms with Gasteiger partial charge in [-0.1, -0.05) is 35.9 Å². The summed E-state index contributed by atoms with van der Waals surface area (Å²) in [6.45, 7) is 0. The molecule has 10 heteroatoms. The summed E-state index contributed by atoms with van der Waals surface area (Å²) in [5.41, 5.74) is 2.24. The Morgan fingerprint density at radius 1 is 0.909 bits per heavy atom. The van der Waals surface area contributed by atoms with Crippen LogP contribution in [0.3, 0.4) is 0 Å². The number of hydrogen-bond donors (Lipinski definition) is 3. The van der Waals surface area contributed by atoms with Crippen LogP contribution >= 0.6 is 23.4 Å². The van der Waals surface area contributed by atoms with Gasteiger partial charge in [0.15, 0.2) is 0 Å². The summed E-state index contributed by atoms with van der Waals surface area (Å²) in [5.74, 6) is -2.28. The fourth-order valence-corrected chi connectivity index (χ4v) is 3.63. The monoisotopic (exact) mass is 496 g/mol. The maximum absolute atomic E-state index is 13.1. The Morgan fingerprint density at radius 2 is 1.58 bits per heavy atom. The van der Waals surface area contributed by atoms with E-state index in [9.17, 15) is 23.9 Å². The zero-order chi connectivity index (χ0) is 23.1. The molecule has 3 aromatic carbocycles. The molecule has 0 aliphatic rings. The Hall–Kier alpha value is -2.36. The summed E-state index contributed by atoms with van der Waals surface area (Å²) in [6, 6.07) is 17.3. The first kappa shape index (κ1) is 26.9. The Bertz CT molecular complexity index is 1170. The maximum Gasteiger partial charge on any atom is 1.00 e. The minimum Gasteiger partial charge on any atom is -1.00 e. The Morgan fingerprint density at radius 3 is 2.24 bits per heavy atom. The van der Waals surface area contributed by atoms with E-state index in [-0.39, 0.29) is 70.5 Å². The number of nitrogens with one attached hydrogen (secondary N) is 2. The molecule has 6 nitrogen and oxygen atoms in total. The molecule has 0 aromatic heterocycles. The molecular formula is C23H19ClFN2NaO4S. The molecule has 0 radical (unpaired) electrons. The van der Waals surface area contributed by atoms with Crippen LogP contribution in [0.15, 0.2) is 66.7 Å². The molecule has 166 valence electrons. The number of carboxylic acids is 1. The number of amides is 2. The number of benzene rings is 3. The van der Waals surface area contributed by atoms with Gasteiger partial charge in [0.25, 0.3) is 0 Å². The van der Waals surface area contributed by atoms with Gasteiger partial charge in [-0.05, 0) is 53.6 Å². The van der Waals surface area contributed by atoms with Gasteiger partial charge in [-0.3, -0.25) is 9.59 Å². The van der Waals surface area contributed by atoms with Gasteiger partial charge in [-0.25, -0.2) is 9.18 Å². The van der Waals surface area contributed by atoms with E-state index in [0.717, 1.165) is 22.9 Å². The van der Waals surface area contributed by atoms with E-state index in [2.05, 4.69) is 10.6 Å². The molecular weight excluding hydrogens is 478 g/mol. The Kier molecular flexibility index (Phi) is 10.4. The van der Waals surface area contributed by atoms with Crippen LogP contribution in [0.1, 0.15) is 11.8 Å². The number of aromatic carboxylic acids is 1. The van der Waals surface area contributed by atoms with Gasteiger partial charge in [0.1, 0.15) is 5.82 Å². The predicted octanol–water partition coefficient (Wildman–Crippen LogP) is 2.27. The number of carbonyl (C=O) groups is 3. The molecule has 3 aromatic rings. The first-order valence-electron chi connectivity index (χ1n) is 9.38. The van der Waals surface area contributed by atoms with Gasteiger partial charge in [-0.2, -0.15) is 0 Å². The molecule has 0 spiro atoms. The first-order valence-corrected chi connectivity index (χ1v) is 10.9. The minimum absolute atomic E-state index is 0. The zero-order valence-corrected chi connectivity index (χ0v) is 21.2. The molecule has 0 heterocycles. The zero-order valence-electron chi connectivity index (χ0n) is 18.6. The van der Waals surface area contributed by atoms with Crippen LogP contribution in [0.4, 0.5) is 15.8 Å². The standard InChI is InChI=1S/C23H18ClFN2O4S.Na.H/c24-16-6-9-20(19(11-16)23(30)31)27-22(29)13-32-12-21(28)26-18-3-1-2-15(10-18)14-4-7-17(25)8-5-14;;/h1-11H,12-13H2,(H,26,28)(H,27,29)(H,30,31);;/q;+1;-1. The quantitative estimate of drug-likeness (QED) is 0.416. The Labute approximate surface area is 222 Å². The average Bonchev–Trinajstić information content (AvgIpc) is 2.75.